The van der Waals surface area contributed by atoms with Crippen LogP contribution in [0.4, 0.5) is 28.7 Å². The van der Waals surface area contributed by atoms with Crippen LogP contribution in [-0.4, -0.2) is 84.1 Å². The quantitative estimate of drug-likeness (QED) is 0.331. The summed E-state index contributed by atoms with van der Waals surface area (Å²) in [6, 6.07) is 7.94. The second-order valence-electron chi connectivity index (χ2n) is 9.74. The molecular formula is C26H34N10O. The molecule has 1 fully saturated rings. The highest BCUT2D eigenvalue weighted by Gasteiger charge is 2.30. The molecule has 1 aliphatic heterocycles. The molecule has 11 heteroatoms. The van der Waals surface area contributed by atoms with Crippen LogP contribution in [0.25, 0.3) is 11.0 Å². The summed E-state index contributed by atoms with van der Waals surface area (Å²) in [5, 5.41) is 8.63. The Balaban J connectivity index is 1.27. The lowest BCUT2D eigenvalue weighted by atomic mass is 9.95. The second kappa shape index (κ2) is 10.1. The number of nitrogens with zero attached hydrogens (tertiary/aromatic N) is 8. The third-order valence-electron chi connectivity index (χ3n) is 6.79. The van der Waals surface area contributed by atoms with Crippen LogP contribution in [0, 0.1) is 0 Å². The molecule has 0 amide bonds. The number of benzene rings is 1. The summed E-state index contributed by atoms with van der Waals surface area (Å²) >= 11 is 0. The Morgan fingerprint density at radius 1 is 1.11 bits per heavy atom. The van der Waals surface area contributed by atoms with Crippen molar-refractivity contribution in [3.8, 4) is 5.75 Å². The van der Waals surface area contributed by atoms with Crippen LogP contribution < -0.4 is 25.6 Å². The van der Waals surface area contributed by atoms with E-state index in [0.29, 0.717) is 23.3 Å². The Morgan fingerprint density at radius 3 is 2.68 bits per heavy atom. The van der Waals surface area contributed by atoms with Gasteiger partial charge in [-0.2, -0.15) is 5.10 Å². The second-order valence-corrected chi connectivity index (χ2v) is 9.74. The van der Waals surface area contributed by atoms with E-state index >= 15 is 0 Å². The molecule has 0 saturated carbocycles. The average molecular weight is 503 g/mol. The summed E-state index contributed by atoms with van der Waals surface area (Å²) < 4.78 is 7.45. The van der Waals surface area contributed by atoms with Gasteiger partial charge in [-0.05, 0) is 32.3 Å². The van der Waals surface area contributed by atoms with E-state index in [-0.39, 0.29) is 0 Å². The number of ether oxygens (including phenoxy) is 1. The van der Waals surface area contributed by atoms with Gasteiger partial charge in [0.1, 0.15) is 5.75 Å². The van der Waals surface area contributed by atoms with E-state index in [1.54, 1.807) is 18.0 Å². The van der Waals surface area contributed by atoms with E-state index in [1.165, 1.54) is 0 Å². The Kier molecular flexibility index (Phi) is 6.70. The van der Waals surface area contributed by atoms with Crippen LogP contribution in [0.15, 0.2) is 42.9 Å². The minimum Gasteiger partial charge on any atom is -0.494 e. The lowest BCUT2D eigenvalue weighted by Gasteiger charge is -2.40. The van der Waals surface area contributed by atoms with Gasteiger partial charge in [0.15, 0.2) is 5.65 Å². The van der Waals surface area contributed by atoms with Gasteiger partial charge in [0, 0.05) is 63.8 Å². The summed E-state index contributed by atoms with van der Waals surface area (Å²) in [5.74, 6) is 1.51. The fraction of sp³-hybridized carbons (Fsp3) is 0.385. The predicted molar refractivity (Wildman–Crippen MR) is 148 cm³/mol. The molecule has 4 aromatic rings. The number of rotatable bonds is 9. The molecule has 0 aliphatic carbocycles. The van der Waals surface area contributed by atoms with Gasteiger partial charge in [-0.15, -0.1) is 0 Å². The summed E-state index contributed by atoms with van der Waals surface area (Å²) in [6.07, 6.45) is 5.54. The van der Waals surface area contributed by atoms with Crippen molar-refractivity contribution in [2.24, 2.45) is 7.05 Å². The van der Waals surface area contributed by atoms with Gasteiger partial charge in [-0.25, -0.2) is 15.0 Å². The molecule has 1 saturated heterocycles. The van der Waals surface area contributed by atoms with Crippen molar-refractivity contribution in [2.45, 2.75) is 5.92 Å². The number of methoxy groups -OCH3 is 1. The minimum atomic E-state index is 0.313. The molecule has 3 aromatic heterocycles. The van der Waals surface area contributed by atoms with E-state index in [9.17, 15) is 0 Å². The summed E-state index contributed by atoms with van der Waals surface area (Å²) in [4.78, 5) is 20.4. The first-order valence-electron chi connectivity index (χ1n) is 12.3. The van der Waals surface area contributed by atoms with E-state index in [0.717, 1.165) is 60.0 Å². The third kappa shape index (κ3) is 5.08. The van der Waals surface area contributed by atoms with Gasteiger partial charge in [-0.3, -0.25) is 4.68 Å². The molecule has 0 radical (unpaired) electrons. The van der Waals surface area contributed by atoms with E-state index in [2.05, 4.69) is 55.2 Å². The van der Waals surface area contributed by atoms with E-state index in [1.807, 2.05) is 44.7 Å². The van der Waals surface area contributed by atoms with Gasteiger partial charge in [0.2, 0.25) is 5.95 Å². The number of pyridine rings is 1. The zero-order valence-electron chi connectivity index (χ0n) is 22.0. The average Bonchev–Trinajstić information content (AvgIpc) is 3.22. The first-order valence-corrected chi connectivity index (χ1v) is 12.3. The van der Waals surface area contributed by atoms with Gasteiger partial charge in [-0.1, -0.05) is 0 Å². The van der Waals surface area contributed by atoms with Crippen LogP contribution in [0.2, 0.25) is 0 Å². The van der Waals surface area contributed by atoms with Crippen LogP contribution in [0.3, 0.4) is 0 Å². The maximum atomic E-state index is 6.41. The third-order valence-corrected chi connectivity index (χ3v) is 6.79. The topological polar surface area (TPSA) is 113 Å². The first-order chi connectivity index (χ1) is 17.8. The molecule has 4 heterocycles. The molecule has 5 rings (SSSR count). The number of hydrogen-bond acceptors (Lipinski definition) is 10. The molecule has 0 bridgehead atoms. The normalized spacial score (nSPS) is 13.7. The van der Waals surface area contributed by atoms with Crippen LogP contribution in [0.1, 0.15) is 11.6 Å². The summed E-state index contributed by atoms with van der Waals surface area (Å²) in [6.45, 7) is 3.51. The summed E-state index contributed by atoms with van der Waals surface area (Å²) in [5.41, 5.74) is 11.7. The SMILES string of the molecule is COc1cc(N(C)CCN(C)C)c(N)cc1Nc1nccc(C2CN(c3cnc4c(cnn4C)c3)C2)n1. The molecule has 3 N–H and O–H groups in total. The Morgan fingerprint density at radius 2 is 1.92 bits per heavy atom. The van der Waals surface area contributed by atoms with E-state index in [4.69, 9.17) is 15.5 Å². The molecule has 37 heavy (non-hydrogen) atoms. The molecule has 1 aromatic carbocycles. The largest absolute Gasteiger partial charge is 0.494 e. The van der Waals surface area contributed by atoms with Crippen LogP contribution in [-0.2, 0) is 7.05 Å². The fourth-order valence-corrected chi connectivity index (χ4v) is 4.52. The number of nitrogen functional groups attached to an aromatic ring is 1. The van der Waals surface area contributed by atoms with E-state index < -0.39 is 0 Å². The van der Waals surface area contributed by atoms with Gasteiger partial charge >= 0.3 is 0 Å². The highest BCUT2D eigenvalue weighted by molar-refractivity contribution is 5.80. The summed E-state index contributed by atoms with van der Waals surface area (Å²) in [7, 11) is 9.69. The molecule has 194 valence electrons. The number of hydrogen-bond donors (Lipinski definition) is 2. The van der Waals surface area contributed by atoms with Crippen molar-refractivity contribution in [1.29, 1.82) is 0 Å². The van der Waals surface area contributed by atoms with Gasteiger partial charge in [0.05, 0.1) is 47.9 Å². The van der Waals surface area contributed by atoms with Gasteiger partial charge in [0.25, 0.3) is 0 Å². The monoisotopic (exact) mass is 502 g/mol. The highest BCUT2D eigenvalue weighted by Crippen LogP contribution is 2.37. The maximum absolute atomic E-state index is 6.41. The molecule has 11 nitrogen and oxygen atoms in total. The minimum absolute atomic E-state index is 0.313. The number of nitrogens with one attached hydrogen (secondary N) is 1. The molecular weight excluding hydrogens is 468 g/mol. The Labute approximate surface area is 216 Å². The molecule has 0 atom stereocenters. The molecule has 0 spiro atoms. The first kappa shape index (κ1) is 24.6. The maximum Gasteiger partial charge on any atom is 0.227 e. The molecule has 0 unspecified atom stereocenters. The standard InChI is InChI=1S/C26H34N10O/c1-33(2)8-9-34(3)23-12-24(37-5)22(11-20(23)27)32-26-28-7-6-21(31-26)18-15-36(16-18)19-10-17-13-30-35(4)25(17)29-14-19/h6-7,10-14,18H,8-9,15-16,27H2,1-5H3,(H,28,31,32). The van der Waals surface area contributed by atoms with Crippen molar-refractivity contribution < 1.29 is 4.74 Å². The lowest BCUT2D eigenvalue weighted by molar-refractivity contribution is 0.413. The van der Waals surface area contributed by atoms with Gasteiger partial charge < -0.3 is 30.5 Å². The Hall–Kier alpha value is -4.12. The zero-order chi connectivity index (χ0) is 26.1. The number of aryl methyl sites for hydroxylation is 1. The number of anilines is 5. The fourth-order valence-electron chi connectivity index (χ4n) is 4.52. The Bertz CT molecular complexity index is 1400. The number of fused-ring (bicyclic) bond motifs is 1. The van der Waals surface area contributed by atoms with Crippen molar-refractivity contribution in [2.75, 3.05) is 75.3 Å². The van der Waals surface area contributed by atoms with Crippen LogP contribution in [0.5, 0.6) is 5.75 Å². The number of nitrogens with two attached hydrogens (primary N) is 1. The van der Waals surface area contributed by atoms with Crippen molar-refractivity contribution >= 4 is 39.7 Å². The van der Waals surface area contributed by atoms with Crippen molar-refractivity contribution in [3.63, 3.8) is 0 Å². The van der Waals surface area contributed by atoms with Crippen LogP contribution >= 0.6 is 0 Å². The lowest BCUT2D eigenvalue weighted by Crippen LogP contribution is -2.45. The molecule has 1 aliphatic rings. The highest BCUT2D eigenvalue weighted by atomic mass is 16.5. The number of likely N-dealkylation sites (N-methyl/N-ethyl adjacent to an activating group) is 2. The predicted octanol–water partition coefficient (Wildman–Crippen LogP) is 2.69. The van der Waals surface area contributed by atoms with Crippen molar-refractivity contribution in [1.82, 2.24) is 29.6 Å². The zero-order valence-corrected chi connectivity index (χ0v) is 22.0. The van der Waals surface area contributed by atoms with Crippen molar-refractivity contribution in [3.05, 3.63) is 48.5 Å². The smallest absolute Gasteiger partial charge is 0.227 e. The number of aromatic nitrogens is 5.